The lowest BCUT2D eigenvalue weighted by Gasteiger charge is -2.18. The molecule has 130 valence electrons. The van der Waals surface area contributed by atoms with E-state index >= 15 is 0 Å². The molecule has 3 rings (SSSR count). The second-order valence-electron chi connectivity index (χ2n) is 6.12. The fourth-order valence-corrected chi connectivity index (χ4v) is 3.08. The Bertz CT molecular complexity index is 836. The van der Waals surface area contributed by atoms with Crippen molar-refractivity contribution in [3.05, 3.63) is 66.4 Å². The Hall–Kier alpha value is -2.75. The standard InChI is InChI=1S/C21H24N2O2/c1-3-19(16-8-10-18(25-2)11-9-16)22-21(24)13-15-23-14-12-17-6-4-5-7-20(17)23/h4-12,14,19H,3,13,15H2,1-2H3,(H,22,24). The average molecular weight is 336 g/mol. The molecule has 0 aliphatic carbocycles. The number of aromatic nitrogens is 1. The highest BCUT2D eigenvalue weighted by Crippen LogP contribution is 2.20. The van der Waals surface area contributed by atoms with Gasteiger partial charge >= 0.3 is 0 Å². The zero-order chi connectivity index (χ0) is 17.6. The molecule has 2 aromatic carbocycles. The van der Waals surface area contributed by atoms with Gasteiger partial charge in [0.2, 0.25) is 5.91 Å². The highest BCUT2D eigenvalue weighted by atomic mass is 16.5. The SMILES string of the molecule is CCC(NC(=O)CCn1ccc2ccccc21)c1ccc(OC)cc1. The number of hydrogen-bond acceptors (Lipinski definition) is 2. The molecule has 0 radical (unpaired) electrons. The molecule has 0 spiro atoms. The van der Waals surface area contributed by atoms with Crippen LogP contribution >= 0.6 is 0 Å². The number of ether oxygens (including phenoxy) is 1. The summed E-state index contributed by atoms with van der Waals surface area (Å²) in [6.45, 7) is 2.76. The van der Waals surface area contributed by atoms with E-state index in [1.165, 1.54) is 5.39 Å². The van der Waals surface area contributed by atoms with Crippen molar-refractivity contribution in [2.24, 2.45) is 0 Å². The smallest absolute Gasteiger partial charge is 0.222 e. The predicted octanol–water partition coefficient (Wildman–Crippen LogP) is 4.31. The molecule has 4 heteroatoms. The summed E-state index contributed by atoms with van der Waals surface area (Å²) < 4.78 is 7.32. The van der Waals surface area contributed by atoms with Crippen LogP contribution in [-0.4, -0.2) is 17.6 Å². The number of nitrogens with one attached hydrogen (secondary N) is 1. The molecule has 1 unspecified atom stereocenters. The topological polar surface area (TPSA) is 43.3 Å². The number of methoxy groups -OCH3 is 1. The number of rotatable bonds is 7. The third-order valence-electron chi connectivity index (χ3n) is 4.52. The van der Waals surface area contributed by atoms with E-state index in [2.05, 4.69) is 35.0 Å². The van der Waals surface area contributed by atoms with Gasteiger partial charge in [-0.15, -0.1) is 0 Å². The minimum absolute atomic E-state index is 0.0276. The molecule has 1 heterocycles. The van der Waals surface area contributed by atoms with Crippen LogP contribution in [0.1, 0.15) is 31.4 Å². The van der Waals surface area contributed by atoms with Crippen LogP contribution in [0.15, 0.2) is 60.8 Å². The van der Waals surface area contributed by atoms with Crippen molar-refractivity contribution >= 4 is 16.8 Å². The second-order valence-corrected chi connectivity index (χ2v) is 6.12. The van der Waals surface area contributed by atoms with Gasteiger partial charge in [-0.2, -0.15) is 0 Å². The summed E-state index contributed by atoms with van der Waals surface area (Å²) in [6, 6.07) is 18.2. The normalized spacial score (nSPS) is 12.1. The number of hydrogen-bond donors (Lipinski definition) is 1. The van der Waals surface area contributed by atoms with E-state index in [-0.39, 0.29) is 11.9 Å². The Kier molecular flexibility index (Phi) is 5.39. The lowest BCUT2D eigenvalue weighted by atomic mass is 10.0. The van der Waals surface area contributed by atoms with E-state index in [4.69, 9.17) is 4.74 Å². The first-order valence-corrected chi connectivity index (χ1v) is 8.68. The Morgan fingerprint density at radius 2 is 1.88 bits per heavy atom. The molecular formula is C21H24N2O2. The molecule has 0 fully saturated rings. The van der Waals surface area contributed by atoms with Gasteiger partial charge in [-0.3, -0.25) is 4.79 Å². The van der Waals surface area contributed by atoms with E-state index in [1.54, 1.807) is 7.11 Å². The Balaban J connectivity index is 1.60. The molecule has 0 saturated heterocycles. The lowest BCUT2D eigenvalue weighted by Crippen LogP contribution is -2.28. The third-order valence-corrected chi connectivity index (χ3v) is 4.52. The van der Waals surface area contributed by atoms with Crippen molar-refractivity contribution in [2.45, 2.75) is 32.4 Å². The fraction of sp³-hybridized carbons (Fsp3) is 0.286. The van der Waals surface area contributed by atoms with Crippen molar-refractivity contribution in [1.29, 1.82) is 0 Å². The molecule has 25 heavy (non-hydrogen) atoms. The first-order valence-electron chi connectivity index (χ1n) is 8.68. The fourth-order valence-electron chi connectivity index (χ4n) is 3.08. The number of amides is 1. The molecule has 3 aromatic rings. The second kappa shape index (κ2) is 7.88. The largest absolute Gasteiger partial charge is 0.497 e. The van der Waals surface area contributed by atoms with Crippen LogP contribution in [-0.2, 0) is 11.3 Å². The minimum Gasteiger partial charge on any atom is -0.497 e. The summed E-state index contributed by atoms with van der Waals surface area (Å²) in [7, 11) is 1.65. The summed E-state index contributed by atoms with van der Waals surface area (Å²) in [5.41, 5.74) is 2.26. The number of aryl methyl sites for hydroxylation is 1. The van der Waals surface area contributed by atoms with Crippen LogP contribution in [0.25, 0.3) is 10.9 Å². The number of carbonyl (C=O) groups is 1. The zero-order valence-corrected chi connectivity index (χ0v) is 14.7. The molecule has 1 aromatic heterocycles. The molecule has 0 aliphatic rings. The molecule has 0 saturated carbocycles. The van der Waals surface area contributed by atoms with Gasteiger partial charge in [-0.1, -0.05) is 37.3 Å². The maximum absolute atomic E-state index is 12.4. The summed E-state index contributed by atoms with van der Waals surface area (Å²) in [4.78, 5) is 12.4. The minimum atomic E-state index is 0.0276. The number of para-hydroxylation sites is 1. The maximum atomic E-state index is 12.4. The number of fused-ring (bicyclic) bond motifs is 1. The van der Waals surface area contributed by atoms with Crippen molar-refractivity contribution in [2.75, 3.05) is 7.11 Å². The van der Waals surface area contributed by atoms with Gasteiger partial charge < -0.3 is 14.6 Å². The number of nitrogens with zero attached hydrogens (tertiary/aromatic N) is 1. The van der Waals surface area contributed by atoms with Gasteiger partial charge in [0.25, 0.3) is 0 Å². The average Bonchev–Trinajstić information content (AvgIpc) is 3.08. The molecule has 0 bridgehead atoms. The Morgan fingerprint density at radius 3 is 2.60 bits per heavy atom. The summed E-state index contributed by atoms with van der Waals surface area (Å²) in [5.74, 6) is 0.893. The molecule has 0 aliphatic heterocycles. The zero-order valence-electron chi connectivity index (χ0n) is 14.7. The van der Waals surface area contributed by atoms with Gasteiger partial charge in [0.1, 0.15) is 5.75 Å². The predicted molar refractivity (Wildman–Crippen MR) is 101 cm³/mol. The summed E-state index contributed by atoms with van der Waals surface area (Å²) >= 11 is 0. The van der Waals surface area contributed by atoms with Crippen LogP contribution < -0.4 is 10.1 Å². The van der Waals surface area contributed by atoms with Gasteiger partial charge in [0.05, 0.1) is 13.2 Å². The Labute approximate surface area is 148 Å². The van der Waals surface area contributed by atoms with Crippen molar-refractivity contribution in [3.8, 4) is 5.75 Å². The van der Waals surface area contributed by atoms with E-state index in [1.807, 2.05) is 42.6 Å². The van der Waals surface area contributed by atoms with E-state index in [9.17, 15) is 4.79 Å². The molecule has 1 atom stereocenters. The third kappa shape index (κ3) is 4.02. The quantitative estimate of drug-likeness (QED) is 0.699. The van der Waals surface area contributed by atoms with Crippen LogP contribution in [0, 0.1) is 0 Å². The van der Waals surface area contributed by atoms with Gasteiger partial charge in [-0.25, -0.2) is 0 Å². The van der Waals surface area contributed by atoms with Gasteiger partial charge in [-0.05, 0) is 41.6 Å². The Morgan fingerprint density at radius 1 is 1.12 bits per heavy atom. The summed E-state index contributed by atoms with van der Waals surface area (Å²) in [5, 5.41) is 4.34. The van der Waals surface area contributed by atoms with Crippen LogP contribution in [0.4, 0.5) is 0 Å². The van der Waals surface area contributed by atoms with Crippen molar-refractivity contribution in [3.63, 3.8) is 0 Å². The molecule has 1 N–H and O–H groups in total. The van der Waals surface area contributed by atoms with Crippen LogP contribution in [0.3, 0.4) is 0 Å². The van der Waals surface area contributed by atoms with Crippen LogP contribution in [0.5, 0.6) is 5.75 Å². The van der Waals surface area contributed by atoms with E-state index in [0.29, 0.717) is 13.0 Å². The number of carbonyl (C=O) groups excluding carboxylic acids is 1. The lowest BCUT2D eigenvalue weighted by molar-refractivity contribution is -0.122. The molecular weight excluding hydrogens is 312 g/mol. The van der Waals surface area contributed by atoms with Gasteiger partial charge in [0.15, 0.2) is 0 Å². The van der Waals surface area contributed by atoms with Crippen molar-refractivity contribution in [1.82, 2.24) is 9.88 Å². The van der Waals surface area contributed by atoms with Gasteiger partial charge in [0, 0.05) is 24.7 Å². The molecule has 4 nitrogen and oxygen atoms in total. The highest BCUT2D eigenvalue weighted by Gasteiger charge is 2.13. The summed E-state index contributed by atoms with van der Waals surface area (Å²) in [6.07, 6.45) is 3.36. The maximum Gasteiger partial charge on any atom is 0.222 e. The van der Waals surface area contributed by atoms with Crippen LogP contribution in [0.2, 0.25) is 0 Å². The monoisotopic (exact) mass is 336 g/mol. The van der Waals surface area contributed by atoms with E-state index in [0.717, 1.165) is 23.3 Å². The first-order chi connectivity index (χ1) is 12.2. The first kappa shape index (κ1) is 17.1. The highest BCUT2D eigenvalue weighted by molar-refractivity contribution is 5.80. The number of benzene rings is 2. The van der Waals surface area contributed by atoms with Crippen molar-refractivity contribution < 1.29 is 9.53 Å². The van der Waals surface area contributed by atoms with E-state index < -0.39 is 0 Å². The molecule has 1 amide bonds.